The number of piperazine rings is 1. The van der Waals surface area contributed by atoms with Crippen LogP contribution < -0.4 is 5.32 Å². The summed E-state index contributed by atoms with van der Waals surface area (Å²) in [6.45, 7) is 5.92. The van der Waals surface area contributed by atoms with E-state index in [2.05, 4.69) is 17.1 Å². The number of carbonyl (C=O) groups excluding carboxylic acids is 2. The molecule has 2 amide bonds. The van der Waals surface area contributed by atoms with E-state index < -0.39 is 0 Å². The smallest absolute Gasteiger partial charge is 0.291 e. The second kappa shape index (κ2) is 8.67. The van der Waals surface area contributed by atoms with Crippen molar-refractivity contribution >= 4 is 28.5 Å². The number of nitrogens with zero attached hydrogens (tertiary/aromatic N) is 2. The fourth-order valence-corrected chi connectivity index (χ4v) is 3.70. The van der Waals surface area contributed by atoms with Crippen LogP contribution in [-0.2, 0) is 11.2 Å². The van der Waals surface area contributed by atoms with Gasteiger partial charge in [-0.3, -0.25) is 9.59 Å². The number of hydrogen-bond donors (Lipinski definition) is 1. The Labute approximate surface area is 174 Å². The predicted octanol–water partition coefficient (Wildman–Crippen LogP) is 3.53. The Kier molecular flexibility index (Phi) is 5.81. The molecule has 0 spiro atoms. The number of hydrogen-bond acceptors (Lipinski definition) is 4. The highest BCUT2D eigenvalue weighted by Crippen LogP contribution is 2.32. The van der Waals surface area contributed by atoms with Crippen LogP contribution in [0.3, 0.4) is 0 Å². The molecule has 1 aromatic heterocycles. The van der Waals surface area contributed by atoms with Crippen molar-refractivity contribution in [3.63, 3.8) is 0 Å². The van der Waals surface area contributed by atoms with Gasteiger partial charge in [-0.1, -0.05) is 31.2 Å². The van der Waals surface area contributed by atoms with Crippen molar-refractivity contribution in [2.45, 2.75) is 13.3 Å². The molecule has 0 saturated carbocycles. The van der Waals surface area contributed by atoms with Gasteiger partial charge in [-0.2, -0.15) is 0 Å². The molecule has 3 aromatic rings. The molecule has 0 bridgehead atoms. The maximum Gasteiger partial charge on any atom is 0.291 e. The molecule has 0 aliphatic carbocycles. The van der Waals surface area contributed by atoms with Gasteiger partial charge in [0, 0.05) is 31.6 Å². The Morgan fingerprint density at radius 3 is 2.43 bits per heavy atom. The Hall–Kier alpha value is -3.19. The third kappa shape index (κ3) is 4.21. The molecule has 30 heavy (non-hydrogen) atoms. The van der Waals surface area contributed by atoms with Crippen molar-refractivity contribution in [2.24, 2.45) is 0 Å². The summed E-state index contributed by atoms with van der Waals surface area (Å²) < 4.78 is 19.0. The Balaban J connectivity index is 1.58. The molecule has 1 aliphatic heterocycles. The van der Waals surface area contributed by atoms with Gasteiger partial charge < -0.3 is 19.5 Å². The summed E-state index contributed by atoms with van der Waals surface area (Å²) >= 11 is 0. The highest BCUT2D eigenvalue weighted by molar-refractivity contribution is 6.11. The summed E-state index contributed by atoms with van der Waals surface area (Å²) in [6.07, 6.45) is 0.0720. The summed E-state index contributed by atoms with van der Waals surface area (Å²) in [5.74, 6) is -0.721. The van der Waals surface area contributed by atoms with Crippen LogP contribution in [0.5, 0.6) is 0 Å². The molecule has 7 heteroatoms. The second-order valence-electron chi connectivity index (χ2n) is 7.38. The number of fused-ring (bicyclic) bond motifs is 1. The van der Waals surface area contributed by atoms with Gasteiger partial charge >= 0.3 is 0 Å². The molecule has 1 saturated heterocycles. The maximum atomic E-state index is 13.2. The molecule has 1 aliphatic rings. The summed E-state index contributed by atoms with van der Waals surface area (Å²) in [5.41, 5.74) is 1.62. The molecule has 1 N–H and O–H groups in total. The fraction of sp³-hybridized carbons (Fsp3) is 0.304. The van der Waals surface area contributed by atoms with E-state index in [1.807, 2.05) is 18.2 Å². The first-order valence-corrected chi connectivity index (χ1v) is 10.1. The minimum absolute atomic E-state index is 0.0720. The largest absolute Gasteiger partial charge is 0.449 e. The summed E-state index contributed by atoms with van der Waals surface area (Å²) in [7, 11) is 0. The number of halogens is 1. The minimum atomic E-state index is -0.351. The molecule has 0 radical (unpaired) electrons. The van der Waals surface area contributed by atoms with Gasteiger partial charge in [0.2, 0.25) is 11.7 Å². The first-order chi connectivity index (χ1) is 14.5. The number of anilines is 1. The Bertz CT molecular complexity index is 1050. The molecule has 1 fully saturated rings. The topological polar surface area (TPSA) is 65.8 Å². The summed E-state index contributed by atoms with van der Waals surface area (Å²) in [5, 5.41) is 3.53. The lowest BCUT2D eigenvalue weighted by Crippen LogP contribution is -2.48. The zero-order valence-electron chi connectivity index (χ0n) is 16.9. The summed E-state index contributed by atoms with van der Waals surface area (Å²) in [4.78, 5) is 29.9. The van der Waals surface area contributed by atoms with E-state index in [4.69, 9.17) is 4.42 Å². The van der Waals surface area contributed by atoms with Gasteiger partial charge in [0.15, 0.2) is 0 Å². The van der Waals surface area contributed by atoms with E-state index in [1.165, 1.54) is 12.1 Å². The summed E-state index contributed by atoms with van der Waals surface area (Å²) in [6, 6.07) is 13.0. The molecular weight excluding hydrogens is 385 g/mol. The number of para-hydroxylation sites is 1. The third-order valence-corrected chi connectivity index (χ3v) is 5.44. The number of amides is 2. The van der Waals surface area contributed by atoms with Crippen LogP contribution in [0, 0.1) is 5.82 Å². The lowest BCUT2D eigenvalue weighted by molar-refractivity contribution is -0.115. The number of nitrogens with one attached hydrogen (secondary N) is 1. The second-order valence-corrected chi connectivity index (χ2v) is 7.38. The van der Waals surface area contributed by atoms with Crippen molar-refractivity contribution in [1.82, 2.24) is 9.80 Å². The number of benzene rings is 2. The molecule has 0 unspecified atom stereocenters. The Morgan fingerprint density at radius 1 is 1.03 bits per heavy atom. The standard InChI is InChI=1S/C23H24FN3O3/c1-2-26-11-13-27(14-12-26)23(29)22-21(18-5-3-4-6-19(18)30-22)25-20(28)15-16-7-9-17(24)10-8-16/h3-10H,2,11-15H2,1H3,(H,25,28). The predicted molar refractivity (Wildman–Crippen MR) is 113 cm³/mol. The van der Waals surface area contributed by atoms with Crippen molar-refractivity contribution in [3.05, 3.63) is 65.7 Å². The average Bonchev–Trinajstić information content (AvgIpc) is 3.13. The van der Waals surface area contributed by atoms with Gasteiger partial charge in [0.1, 0.15) is 17.1 Å². The van der Waals surface area contributed by atoms with Crippen molar-refractivity contribution < 1.29 is 18.4 Å². The normalized spacial score (nSPS) is 14.8. The zero-order valence-corrected chi connectivity index (χ0v) is 16.9. The lowest BCUT2D eigenvalue weighted by atomic mass is 10.1. The van der Waals surface area contributed by atoms with E-state index in [0.29, 0.717) is 35.3 Å². The minimum Gasteiger partial charge on any atom is -0.449 e. The van der Waals surface area contributed by atoms with Crippen molar-refractivity contribution in [1.29, 1.82) is 0 Å². The molecular formula is C23H24FN3O3. The van der Waals surface area contributed by atoms with E-state index in [9.17, 15) is 14.0 Å². The monoisotopic (exact) mass is 409 g/mol. The van der Waals surface area contributed by atoms with Gasteiger partial charge in [-0.25, -0.2) is 4.39 Å². The van der Waals surface area contributed by atoms with Crippen LogP contribution in [0.4, 0.5) is 10.1 Å². The highest BCUT2D eigenvalue weighted by Gasteiger charge is 2.28. The van der Waals surface area contributed by atoms with Crippen LogP contribution in [0.25, 0.3) is 11.0 Å². The van der Waals surface area contributed by atoms with Gasteiger partial charge in [0.25, 0.3) is 5.91 Å². The number of furan rings is 1. The van der Waals surface area contributed by atoms with Crippen LogP contribution in [0.15, 0.2) is 52.9 Å². The van der Waals surface area contributed by atoms with Crippen molar-refractivity contribution in [3.8, 4) is 0 Å². The maximum absolute atomic E-state index is 13.2. The van der Waals surface area contributed by atoms with Crippen LogP contribution >= 0.6 is 0 Å². The molecule has 4 rings (SSSR count). The van der Waals surface area contributed by atoms with Crippen LogP contribution in [-0.4, -0.2) is 54.3 Å². The first-order valence-electron chi connectivity index (χ1n) is 10.1. The van der Waals surface area contributed by atoms with Gasteiger partial charge in [-0.05, 0) is 36.4 Å². The molecule has 156 valence electrons. The third-order valence-electron chi connectivity index (χ3n) is 5.44. The van der Waals surface area contributed by atoms with Crippen LogP contribution in [0.2, 0.25) is 0 Å². The van der Waals surface area contributed by atoms with E-state index in [-0.39, 0.29) is 29.8 Å². The first kappa shape index (κ1) is 20.1. The van der Waals surface area contributed by atoms with E-state index in [0.717, 1.165) is 19.6 Å². The molecule has 2 aromatic carbocycles. The number of rotatable bonds is 5. The molecule has 2 heterocycles. The zero-order chi connectivity index (χ0) is 21.1. The average molecular weight is 409 g/mol. The lowest BCUT2D eigenvalue weighted by Gasteiger charge is -2.33. The Morgan fingerprint density at radius 2 is 1.73 bits per heavy atom. The van der Waals surface area contributed by atoms with Gasteiger partial charge in [0.05, 0.1) is 6.42 Å². The van der Waals surface area contributed by atoms with Gasteiger partial charge in [-0.15, -0.1) is 0 Å². The number of likely N-dealkylation sites (N-methyl/N-ethyl adjacent to an activating group) is 1. The highest BCUT2D eigenvalue weighted by atomic mass is 19.1. The van der Waals surface area contributed by atoms with E-state index >= 15 is 0 Å². The van der Waals surface area contributed by atoms with E-state index in [1.54, 1.807) is 23.1 Å². The molecule has 6 nitrogen and oxygen atoms in total. The quantitative estimate of drug-likeness (QED) is 0.700. The van der Waals surface area contributed by atoms with Crippen molar-refractivity contribution in [2.75, 3.05) is 38.0 Å². The SMILES string of the molecule is CCN1CCN(C(=O)c2oc3ccccc3c2NC(=O)Cc2ccc(F)cc2)CC1. The van der Waals surface area contributed by atoms with Crippen LogP contribution in [0.1, 0.15) is 23.0 Å². The fourth-order valence-electron chi connectivity index (χ4n) is 3.70. The molecule has 0 atom stereocenters. The number of carbonyl (C=O) groups is 2.